The fourth-order valence-corrected chi connectivity index (χ4v) is 2.71. The molecule has 0 saturated heterocycles. The molecule has 0 unspecified atom stereocenters. The molecule has 0 spiro atoms. The number of halogens is 1. The second-order valence-electron chi connectivity index (χ2n) is 5.88. The molecule has 122 valence electrons. The second-order valence-corrected chi connectivity index (χ2v) is 5.88. The highest BCUT2D eigenvalue weighted by molar-refractivity contribution is 5.39. The van der Waals surface area contributed by atoms with Gasteiger partial charge in [-0.3, -0.25) is 14.2 Å². The Morgan fingerprint density at radius 1 is 0.875 bits per heavy atom. The lowest BCUT2D eigenvalue weighted by molar-refractivity contribution is 0.625. The molecule has 0 aliphatic carbocycles. The van der Waals surface area contributed by atoms with E-state index in [4.69, 9.17) is 0 Å². The van der Waals surface area contributed by atoms with Crippen LogP contribution in [0.5, 0.6) is 0 Å². The summed E-state index contributed by atoms with van der Waals surface area (Å²) in [5.41, 5.74) is 2.25. The Morgan fingerprint density at radius 3 is 2.12 bits per heavy atom. The Morgan fingerprint density at radius 2 is 1.50 bits per heavy atom. The molecule has 0 fully saturated rings. The zero-order chi connectivity index (χ0) is 17.3. The monoisotopic (exact) mass is 324 g/mol. The van der Waals surface area contributed by atoms with Crippen molar-refractivity contribution < 1.29 is 4.39 Å². The number of aromatic nitrogens is 2. The van der Waals surface area contributed by atoms with Crippen molar-refractivity contribution in [3.8, 4) is 5.69 Å². The van der Waals surface area contributed by atoms with Crippen LogP contribution in [0.3, 0.4) is 0 Å². The maximum Gasteiger partial charge on any atom is 0.320 e. The van der Waals surface area contributed by atoms with Crippen molar-refractivity contribution in [1.29, 1.82) is 0 Å². The number of hydrogen-bond acceptors (Lipinski definition) is 2. The van der Waals surface area contributed by atoms with Crippen LogP contribution >= 0.6 is 0 Å². The zero-order valence-corrected chi connectivity index (χ0v) is 13.5. The highest BCUT2D eigenvalue weighted by Gasteiger charge is 2.08. The van der Waals surface area contributed by atoms with Gasteiger partial charge in [-0.15, -0.1) is 0 Å². The van der Waals surface area contributed by atoms with Gasteiger partial charge >= 0.3 is 11.1 Å². The first-order valence-corrected chi connectivity index (χ1v) is 7.59. The van der Waals surface area contributed by atoms with E-state index < -0.39 is 11.1 Å². The minimum Gasteiger partial charge on any atom is -0.305 e. The molecule has 1 heterocycles. The van der Waals surface area contributed by atoms with E-state index in [9.17, 15) is 14.0 Å². The summed E-state index contributed by atoms with van der Waals surface area (Å²) in [6.45, 7) is 4.11. The third-order valence-electron chi connectivity index (χ3n) is 3.81. The van der Waals surface area contributed by atoms with Gasteiger partial charge in [0.1, 0.15) is 5.82 Å². The van der Waals surface area contributed by atoms with Gasteiger partial charge in [-0.05, 0) is 54.8 Å². The van der Waals surface area contributed by atoms with Crippen molar-refractivity contribution in [2.45, 2.75) is 20.4 Å². The van der Waals surface area contributed by atoms with Gasteiger partial charge in [0.05, 0.1) is 6.54 Å². The number of nitrogens with zero attached hydrogens (tertiary/aromatic N) is 2. The topological polar surface area (TPSA) is 44.0 Å². The predicted molar refractivity (Wildman–Crippen MR) is 91.3 cm³/mol. The first kappa shape index (κ1) is 15.9. The van der Waals surface area contributed by atoms with Crippen LogP contribution in [0.25, 0.3) is 5.69 Å². The summed E-state index contributed by atoms with van der Waals surface area (Å²) >= 11 is 0. The first-order chi connectivity index (χ1) is 11.4. The summed E-state index contributed by atoms with van der Waals surface area (Å²) in [6, 6.07) is 11.6. The SMILES string of the molecule is Cc1cc(C)cc(-n2ccn(Cc3ccc(F)cc3)c(=O)c2=O)c1. The predicted octanol–water partition coefficient (Wildman–Crippen LogP) is 2.80. The van der Waals surface area contributed by atoms with E-state index in [-0.39, 0.29) is 12.4 Å². The lowest BCUT2D eigenvalue weighted by Gasteiger charge is -2.10. The Balaban J connectivity index is 2.01. The molecule has 5 heteroatoms. The Hall–Kier alpha value is -2.95. The summed E-state index contributed by atoms with van der Waals surface area (Å²) in [6.07, 6.45) is 3.16. The van der Waals surface area contributed by atoms with E-state index in [1.165, 1.54) is 21.3 Å². The molecule has 0 amide bonds. The van der Waals surface area contributed by atoms with Gasteiger partial charge in [0, 0.05) is 18.1 Å². The summed E-state index contributed by atoms with van der Waals surface area (Å²) in [7, 11) is 0. The number of rotatable bonds is 3. The number of aryl methyl sites for hydroxylation is 2. The van der Waals surface area contributed by atoms with E-state index in [0.29, 0.717) is 5.69 Å². The quantitative estimate of drug-likeness (QED) is 0.695. The van der Waals surface area contributed by atoms with Crippen LogP contribution in [0.2, 0.25) is 0 Å². The molecule has 4 nitrogen and oxygen atoms in total. The standard InChI is InChI=1S/C19H17FN2O2/c1-13-9-14(2)11-17(10-13)22-8-7-21(18(23)19(22)24)12-15-3-5-16(20)6-4-15/h3-11H,12H2,1-2H3. The maximum atomic E-state index is 13.0. The lowest BCUT2D eigenvalue weighted by Crippen LogP contribution is -2.40. The van der Waals surface area contributed by atoms with E-state index in [1.807, 2.05) is 32.0 Å². The molecule has 2 aromatic carbocycles. The van der Waals surface area contributed by atoms with Gasteiger partial charge in [0.15, 0.2) is 0 Å². The van der Waals surface area contributed by atoms with Gasteiger partial charge in [0.25, 0.3) is 0 Å². The van der Waals surface area contributed by atoms with Crippen molar-refractivity contribution in [2.75, 3.05) is 0 Å². The Labute approximate surface area is 138 Å². The fourth-order valence-electron chi connectivity index (χ4n) is 2.71. The summed E-state index contributed by atoms with van der Waals surface area (Å²) in [5.74, 6) is -0.337. The molecule has 0 saturated carbocycles. The van der Waals surface area contributed by atoms with Crippen LogP contribution in [0.15, 0.2) is 64.4 Å². The lowest BCUT2D eigenvalue weighted by atomic mass is 10.1. The molecule has 1 aromatic heterocycles. The van der Waals surface area contributed by atoms with Crippen LogP contribution in [-0.4, -0.2) is 9.13 Å². The maximum absolute atomic E-state index is 13.0. The zero-order valence-electron chi connectivity index (χ0n) is 13.5. The molecule has 0 atom stereocenters. The molecule has 0 radical (unpaired) electrons. The first-order valence-electron chi connectivity index (χ1n) is 7.59. The molecule has 0 aliphatic heterocycles. The van der Waals surface area contributed by atoms with Crippen LogP contribution in [0.1, 0.15) is 16.7 Å². The average Bonchev–Trinajstić information content (AvgIpc) is 2.53. The molecule has 24 heavy (non-hydrogen) atoms. The summed E-state index contributed by atoms with van der Waals surface area (Å²) in [4.78, 5) is 24.8. The minimum atomic E-state index is -0.610. The van der Waals surface area contributed by atoms with E-state index >= 15 is 0 Å². The second kappa shape index (κ2) is 6.28. The molecule has 0 bridgehead atoms. The Kier molecular flexibility index (Phi) is 4.16. The third kappa shape index (κ3) is 3.20. The van der Waals surface area contributed by atoms with Gasteiger partial charge in [-0.2, -0.15) is 0 Å². The minimum absolute atomic E-state index is 0.224. The average molecular weight is 324 g/mol. The summed E-state index contributed by atoms with van der Waals surface area (Å²) < 4.78 is 15.6. The third-order valence-corrected chi connectivity index (χ3v) is 3.81. The van der Waals surface area contributed by atoms with Gasteiger partial charge in [0.2, 0.25) is 0 Å². The van der Waals surface area contributed by atoms with Crippen LogP contribution in [-0.2, 0) is 6.54 Å². The molecule has 0 N–H and O–H groups in total. The molecular weight excluding hydrogens is 307 g/mol. The van der Waals surface area contributed by atoms with E-state index in [0.717, 1.165) is 16.7 Å². The van der Waals surface area contributed by atoms with Crippen LogP contribution in [0, 0.1) is 19.7 Å². The molecule has 0 aliphatic rings. The fraction of sp³-hybridized carbons (Fsp3) is 0.158. The Bertz CT molecular complexity index is 981. The van der Waals surface area contributed by atoms with Crippen molar-refractivity contribution >= 4 is 0 Å². The largest absolute Gasteiger partial charge is 0.320 e. The van der Waals surface area contributed by atoms with E-state index in [1.54, 1.807) is 24.5 Å². The van der Waals surface area contributed by atoms with Crippen molar-refractivity contribution in [3.05, 3.63) is 98.1 Å². The number of hydrogen-bond donors (Lipinski definition) is 0. The van der Waals surface area contributed by atoms with Crippen molar-refractivity contribution in [1.82, 2.24) is 9.13 Å². The highest BCUT2D eigenvalue weighted by atomic mass is 19.1. The summed E-state index contributed by atoms with van der Waals surface area (Å²) in [5, 5.41) is 0. The molecular formula is C19H17FN2O2. The van der Waals surface area contributed by atoms with Gasteiger partial charge < -0.3 is 4.57 Å². The van der Waals surface area contributed by atoms with Gasteiger partial charge in [-0.25, -0.2) is 4.39 Å². The highest BCUT2D eigenvalue weighted by Crippen LogP contribution is 2.11. The molecule has 3 aromatic rings. The number of benzene rings is 2. The normalized spacial score (nSPS) is 10.8. The van der Waals surface area contributed by atoms with Crippen molar-refractivity contribution in [2.24, 2.45) is 0 Å². The van der Waals surface area contributed by atoms with Gasteiger partial charge in [-0.1, -0.05) is 18.2 Å². The van der Waals surface area contributed by atoms with Crippen molar-refractivity contribution in [3.63, 3.8) is 0 Å². The van der Waals surface area contributed by atoms with Crippen LogP contribution < -0.4 is 11.1 Å². The van der Waals surface area contributed by atoms with E-state index in [2.05, 4.69) is 0 Å². The molecule has 3 rings (SSSR count). The smallest absolute Gasteiger partial charge is 0.305 e. The van der Waals surface area contributed by atoms with Crippen LogP contribution in [0.4, 0.5) is 4.39 Å².